The maximum Gasteiger partial charge on any atom is 0.129 e. The van der Waals surface area contributed by atoms with Crippen LogP contribution in [0.1, 0.15) is 17.1 Å². The van der Waals surface area contributed by atoms with E-state index in [0.717, 1.165) is 28.4 Å². The normalized spacial score (nSPS) is 10.8. The van der Waals surface area contributed by atoms with E-state index in [1.165, 1.54) is 5.56 Å². The molecule has 2 N–H and O–H groups in total. The summed E-state index contributed by atoms with van der Waals surface area (Å²) in [6, 6.07) is 8.04. The molecule has 0 saturated carbocycles. The average molecular weight is 253 g/mol. The third-order valence-corrected chi connectivity index (χ3v) is 3.00. The number of fused-ring (bicyclic) bond motifs is 1. The van der Waals surface area contributed by atoms with E-state index in [4.69, 9.17) is 0 Å². The van der Waals surface area contributed by atoms with Crippen LogP contribution in [0, 0.1) is 13.8 Å². The third-order valence-electron chi connectivity index (χ3n) is 3.00. The molecular formula is C14H15N5. The average Bonchev–Trinajstić information content (AvgIpc) is 2.81. The summed E-state index contributed by atoms with van der Waals surface area (Å²) >= 11 is 0. The van der Waals surface area contributed by atoms with Crippen LogP contribution in [0.25, 0.3) is 11.0 Å². The SMILES string of the molecule is Cc1cc(NCc2nc3c(C)cccc3[nH]2)ncn1. The van der Waals surface area contributed by atoms with Crippen molar-refractivity contribution in [2.75, 3.05) is 5.32 Å². The molecular weight excluding hydrogens is 238 g/mol. The molecule has 3 aromatic rings. The van der Waals surface area contributed by atoms with E-state index in [9.17, 15) is 0 Å². The molecule has 0 aliphatic carbocycles. The first-order chi connectivity index (χ1) is 9.22. The number of imidazole rings is 1. The third kappa shape index (κ3) is 2.40. The first-order valence-electron chi connectivity index (χ1n) is 6.19. The summed E-state index contributed by atoms with van der Waals surface area (Å²) in [4.78, 5) is 16.1. The quantitative estimate of drug-likeness (QED) is 0.753. The summed E-state index contributed by atoms with van der Waals surface area (Å²) in [5, 5.41) is 3.24. The number of para-hydroxylation sites is 1. The Labute approximate surface area is 111 Å². The minimum Gasteiger partial charge on any atom is -0.363 e. The fraction of sp³-hybridized carbons (Fsp3) is 0.214. The molecule has 0 fully saturated rings. The van der Waals surface area contributed by atoms with E-state index in [1.54, 1.807) is 6.33 Å². The summed E-state index contributed by atoms with van der Waals surface area (Å²) in [7, 11) is 0. The van der Waals surface area contributed by atoms with Crippen molar-refractivity contribution in [2.24, 2.45) is 0 Å². The molecule has 2 aromatic heterocycles. The number of nitrogens with one attached hydrogen (secondary N) is 2. The largest absolute Gasteiger partial charge is 0.363 e. The van der Waals surface area contributed by atoms with Gasteiger partial charge in [0.25, 0.3) is 0 Å². The molecule has 19 heavy (non-hydrogen) atoms. The van der Waals surface area contributed by atoms with Gasteiger partial charge in [-0.05, 0) is 25.5 Å². The first kappa shape index (κ1) is 11.6. The van der Waals surface area contributed by atoms with Gasteiger partial charge in [-0.3, -0.25) is 0 Å². The Bertz CT molecular complexity index is 717. The van der Waals surface area contributed by atoms with Crippen LogP contribution in [0.3, 0.4) is 0 Å². The van der Waals surface area contributed by atoms with Gasteiger partial charge < -0.3 is 10.3 Å². The zero-order chi connectivity index (χ0) is 13.2. The molecule has 0 atom stereocenters. The molecule has 0 bridgehead atoms. The molecule has 2 heterocycles. The number of aromatic amines is 1. The maximum atomic E-state index is 4.59. The predicted octanol–water partition coefficient (Wildman–Crippen LogP) is 2.58. The first-order valence-corrected chi connectivity index (χ1v) is 6.19. The molecule has 1 aromatic carbocycles. The fourth-order valence-corrected chi connectivity index (χ4v) is 2.04. The van der Waals surface area contributed by atoms with Crippen LogP contribution < -0.4 is 5.32 Å². The summed E-state index contributed by atoms with van der Waals surface area (Å²) in [5.41, 5.74) is 4.21. The molecule has 0 unspecified atom stereocenters. The molecule has 3 rings (SSSR count). The molecule has 0 spiro atoms. The minimum atomic E-state index is 0.616. The van der Waals surface area contributed by atoms with Gasteiger partial charge >= 0.3 is 0 Å². The Morgan fingerprint density at radius 1 is 1.21 bits per heavy atom. The van der Waals surface area contributed by atoms with Crippen molar-refractivity contribution in [2.45, 2.75) is 20.4 Å². The lowest BCUT2D eigenvalue weighted by Crippen LogP contribution is -2.03. The highest BCUT2D eigenvalue weighted by Gasteiger charge is 2.04. The van der Waals surface area contributed by atoms with Crippen molar-refractivity contribution in [3.63, 3.8) is 0 Å². The molecule has 0 amide bonds. The number of aromatic nitrogens is 4. The van der Waals surface area contributed by atoms with Crippen LogP contribution in [-0.2, 0) is 6.54 Å². The monoisotopic (exact) mass is 253 g/mol. The zero-order valence-corrected chi connectivity index (χ0v) is 10.9. The van der Waals surface area contributed by atoms with Gasteiger partial charge in [-0.15, -0.1) is 0 Å². The van der Waals surface area contributed by atoms with E-state index >= 15 is 0 Å². The summed E-state index contributed by atoms with van der Waals surface area (Å²) in [5.74, 6) is 1.71. The second kappa shape index (κ2) is 4.68. The van der Waals surface area contributed by atoms with E-state index < -0.39 is 0 Å². The van der Waals surface area contributed by atoms with Crippen molar-refractivity contribution in [3.8, 4) is 0 Å². The number of hydrogen-bond donors (Lipinski definition) is 2. The smallest absolute Gasteiger partial charge is 0.129 e. The lowest BCUT2D eigenvalue weighted by molar-refractivity contribution is 0.984. The number of nitrogens with zero attached hydrogens (tertiary/aromatic N) is 3. The van der Waals surface area contributed by atoms with Gasteiger partial charge in [0, 0.05) is 11.8 Å². The molecule has 5 heteroatoms. The Morgan fingerprint density at radius 3 is 2.89 bits per heavy atom. The van der Waals surface area contributed by atoms with Crippen LogP contribution >= 0.6 is 0 Å². The Morgan fingerprint density at radius 2 is 2.11 bits per heavy atom. The van der Waals surface area contributed by atoms with Crippen LogP contribution in [0.2, 0.25) is 0 Å². The van der Waals surface area contributed by atoms with E-state index in [-0.39, 0.29) is 0 Å². The van der Waals surface area contributed by atoms with Crippen LogP contribution in [0.4, 0.5) is 5.82 Å². The van der Waals surface area contributed by atoms with Gasteiger partial charge in [0.1, 0.15) is 18.0 Å². The molecule has 5 nitrogen and oxygen atoms in total. The number of rotatable bonds is 3. The standard InChI is InChI=1S/C14H15N5/c1-9-4-3-5-11-14(9)19-13(18-11)7-15-12-6-10(2)16-8-17-12/h3-6,8H,7H2,1-2H3,(H,18,19)(H,15,16,17). The van der Waals surface area contributed by atoms with E-state index in [2.05, 4.69) is 38.2 Å². The Kier molecular flexibility index (Phi) is 2.87. The highest BCUT2D eigenvalue weighted by molar-refractivity contribution is 5.78. The summed E-state index contributed by atoms with van der Waals surface area (Å²) < 4.78 is 0. The number of hydrogen-bond acceptors (Lipinski definition) is 4. The lowest BCUT2D eigenvalue weighted by Gasteiger charge is -2.02. The number of aryl methyl sites for hydroxylation is 2. The van der Waals surface area contributed by atoms with Crippen LogP contribution in [-0.4, -0.2) is 19.9 Å². The summed E-state index contributed by atoms with van der Waals surface area (Å²) in [6.07, 6.45) is 1.56. The maximum absolute atomic E-state index is 4.59. The van der Waals surface area contributed by atoms with E-state index in [0.29, 0.717) is 6.54 Å². The highest BCUT2D eigenvalue weighted by Crippen LogP contribution is 2.16. The van der Waals surface area contributed by atoms with Gasteiger partial charge in [-0.1, -0.05) is 12.1 Å². The molecule has 0 aliphatic heterocycles. The predicted molar refractivity (Wildman–Crippen MR) is 74.9 cm³/mol. The topological polar surface area (TPSA) is 66.5 Å². The Hall–Kier alpha value is -2.43. The highest BCUT2D eigenvalue weighted by atomic mass is 15.0. The molecule has 0 saturated heterocycles. The van der Waals surface area contributed by atoms with Crippen LogP contribution in [0.5, 0.6) is 0 Å². The Balaban J connectivity index is 1.80. The van der Waals surface area contributed by atoms with Gasteiger partial charge in [0.15, 0.2) is 0 Å². The van der Waals surface area contributed by atoms with Crippen molar-refractivity contribution in [1.29, 1.82) is 0 Å². The molecule has 0 radical (unpaired) electrons. The van der Waals surface area contributed by atoms with Crippen LogP contribution in [0.15, 0.2) is 30.6 Å². The number of H-pyrrole nitrogens is 1. The van der Waals surface area contributed by atoms with E-state index in [1.807, 2.05) is 25.1 Å². The lowest BCUT2D eigenvalue weighted by atomic mass is 10.2. The van der Waals surface area contributed by atoms with Crippen molar-refractivity contribution >= 4 is 16.9 Å². The van der Waals surface area contributed by atoms with Gasteiger partial charge in [-0.25, -0.2) is 15.0 Å². The number of benzene rings is 1. The van der Waals surface area contributed by atoms with Gasteiger partial charge in [0.2, 0.25) is 0 Å². The zero-order valence-electron chi connectivity index (χ0n) is 10.9. The van der Waals surface area contributed by atoms with Crippen molar-refractivity contribution in [3.05, 3.63) is 47.7 Å². The second-order valence-electron chi connectivity index (χ2n) is 4.55. The minimum absolute atomic E-state index is 0.616. The van der Waals surface area contributed by atoms with Crippen molar-refractivity contribution < 1.29 is 0 Å². The fourth-order valence-electron chi connectivity index (χ4n) is 2.04. The molecule has 96 valence electrons. The second-order valence-corrected chi connectivity index (χ2v) is 4.55. The van der Waals surface area contributed by atoms with Gasteiger partial charge in [0.05, 0.1) is 17.6 Å². The van der Waals surface area contributed by atoms with Gasteiger partial charge in [-0.2, -0.15) is 0 Å². The summed E-state index contributed by atoms with van der Waals surface area (Å²) in [6.45, 7) is 4.62. The van der Waals surface area contributed by atoms with Crippen molar-refractivity contribution in [1.82, 2.24) is 19.9 Å². The molecule has 0 aliphatic rings. The number of anilines is 1.